The van der Waals surface area contributed by atoms with E-state index in [4.69, 9.17) is 16.3 Å². The normalized spacial score (nSPS) is 12.4. The molecule has 0 saturated heterocycles. The van der Waals surface area contributed by atoms with Crippen molar-refractivity contribution in [1.82, 2.24) is 5.32 Å². The van der Waals surface area contributed by atoms with Gasteiger partial charge in [0, 0.05) is 24.7 Å². The predicted molar refractivity (Wildman–Crippen MR) is 83.8 cm³/mol. The van der Waals surface area contributed by atoms with Crippen molar-refractivity contribution in [3.05, 3.63) is 70.0 Å². The van der Waals surface area contributed by atoms with Crippen LogP contribution in [0.4, 0.5) is 4.39 Å². The zero-order chi connectivity index (χ0) is 15.2. The molecule has 0 aliphatic rings. The zero-order valence-electron chi connectivity index (χ0n) is 12.2. The lowest BCUT2D eigenvalue weighted by molar-refractivity contribution is 0.185. The van der Waals surface area contributed by atoms with Gasteiger partial charge in [0.2, 0.25) is 0 Å². The number of methoxy groups -OCH3 is 1. The van der Waals surface area contributed by atoms with Crippen molar-refractivity contribution in [3.63, 3.8) is 0 Å². The summed E-state index contributed by atoms with van der Waals surface area (Å²) in [5.41, 5.74) is 3.21. The van der Waals surface area contributed by atoms with Gasteiger partial charge in [-0.25, -0.2) is 4.39 Å². The molecule has 2 rings (SSSR count). The molecule has 0 amide bonds. The molecule has 21 heavy (non-hydrogen) atoms. The summed E-state index contributed by atoms with van der Waals surface area (Å²) >= 11 is 6.08. The second kappa shape index (κ2) is 7.55. The Morgan fingerprint density at radius 2 is 1.95 bits per heavy atom. The fraction of sp³-hybridized carbons (Fsp3) is 0.294. The van der Waals surface area contributed by atoms with Crippen LogP contribution in [0, 0.1) is 5.82 Å². The van der Waals surface area contributed by atoms with E-state index in [0.29, 0.717) is 18.2 Å². The average Bonchev–Trinajstić information content (AvgIpc) is 2.45. The first kappa shape index (κ1) is 16.0. The van der Waals surface area contributed by atoms with Gasteiger partial charge in [-0.1, -0.05) is 41.9 Å². The van der Waals surface area contributed by atoms with Gasteiger partial charge in [0.25, 0.3) is 0 Å². The molecule has 2 aromatic rings. The highest BCUT2D eigenvalue weighted by molar-refractivity contribution is 6.31. The molecule has 2 nitrogen and oxygen atoms in total. The fourth-order valence-electron chi connectivity index (χ4n) is 2.23. The molecule has 1 atom stereocenters. The van der Waals surface area contributed by atoms with E-state index < -0.39 is 0 Å². The van der Waals surface area contributed by atoms with Crippen LogP contribution in [-0.2, 0) is 17.9 Å². The summed E-state index contributed by atoms with van der Waals surface area (Å²) < 4.78 is 18.2. The standard InChI is InChI=1S/C17H19ClFNO/c1-12(16-7-6-15(19)9-17(16)18)20-10-13-4-3-5-14(8-13)11-21-2/h3-9,12,20H,10-11H2,1-2H3. The minimum absolute atomic E-state index is 0.0455. The molecule has 1 N–H and O–H groups in total. The molecule has 0 radical (unpaired) electrons. The van der Waals surface area contributed by atoms with Gasteiger partial charge < -0.3 is 10.1 Å². The third-order valence-electron chi connectivity index (χ3n) is 3.34. The highest BCUT2D eigenvalue weighted by Crippen LogP contribution is 2.24. The largest absolute Gasteiger partial charge is 0.380 e. The number of nitrogens with one attached hydrogen (secondary N) is 1. The number of rotatable bonds is 6. The minimum Gasteiger partial charge on any atom is -0.380 e. The van der Waals surface area contributed by atoms with E-state index in [2.05, 4.69) is 17.4 Å². The first-order valence-electron chi connectivity index (χ1n) is 6.85. The van der Waals surface area contributed by atoms with Gasteiger partial charge in [-0.15, -0.1) is 0 Å². The second-order valence-electron chi connectivity index (χ2n) is 5.02. The molecule has 1 unspecified atom stereocenters. The average molecular weight is 308 g/mol. The third-order valence-corrected chi connectivity index (χ3v) is 3.67. The maximum Gasteiger partial charge on any atom is 0.124 e. The van der Waals surface area contributed by atoms with Gasteiger partial charge in [-0.2, -0.15) is 0 Å². The highest BCUT2D eigenvalue weighted by atomic mass is 35.5. The summed E-state index contributed by atoms with van der Waals surface area (Å²) in [6.45, 7) is 3.33. The first-order chi connectivity index (χ1) is 10.1. The van der Waals surface area contributed by atoms with E-state index in [-0.39, 0.29) is 11.9 Å². The van der Waals surface area contributed by atoms with Crippen LogP contribution >= 0.6 is 11.6 Å². The maximum absolute atomic E-state index is 13.1. The lowest BCUT2D eigenvalue weighted by atomic mass is 10.1. The third kappa shape index (κ3) is 4.53. The van der Waals surface area contributed by atoms with Crippen molar-refractivity contribution in [2.24, 2.45) is 0 Å². The van der Waals surface area contributed by atoms with E-state index >= 15 is 0 Å². The van der Waals surface area contributed by atoms with E-state index in [1.807, 2.05) is 19.1 Å². The minimum atomic E-state index is -0.316. The Bertz CT molecular complexity index is 603. The summed E-state index contributed by atoms with van der Waals surface area (Å²) in [4.78, 5) is 0. The number of halogens is 2. The van der Waals surface area contributed by atoms with Crippen molar-refractivity contribution >= 4 is 11.6 Å². The molecule has 0 aliphatic carbocycles. The number of hydrogen-bond donors (Lipinski definition) is 1. The van der Waals surface area contributed by atoms with E-state index in [1.54, 1.807) is 13.2 Å². The van der Waals surface area contributed by atoms with E-state index in [1.165, 1.54) is 17.7 Å². The Hall–Kier alpha value is -1.42. The lowest BCUT2D eigenvalue weighted by Gasteiger charge is -2.16. The molecule has 0 saturated carbocycles. The Morgan fingerprint density at radius 1 is 1.19 bits per heavy atom. The van der Waals surface area contributed by atoms with Crippen molar-refractivity contribution in [2.45, 2.75) is 26.1 Å². The van der Waals surface area contributed by atoms with Crippen LogP contribution in [0.5, 0.6) is 0 Å². The molecular formula is C17H19ClFNO. The summed E-state index contributed by atoms with van der Waals surface area (Å²) in [7, 11) is 1.68. The Morgan fingerprint density at radius 3 is 2.67 bits per heavy atom. The predicted octanol–water partition coefficient (Wildman–Crippen LogP) is 4.48. The highest BCUT2D eigenvalue weighted by Gasteiger charge is 2.10. The molecule has 0 bridgehead atoms. The molecule has 0 aromatic heterocycles. The number of ether oxygens (including phenoxy) is 1. The smallest absolute Gasteiger partial charge is 0.124 e. The molecule has 112 valence electrons. The maximum atomic E-state index is 13.1. The van der Waals surface area contributed by atoms with Crippen molar-refractivity contribution in [2.75, 3.05) is 7.11 Å². The Balaban J connectivity index is 2.00. The molecule has 0 spiro atoms. The van der Waals surface area contributed by atoms with Crippen LogP contribution in [0.25, 0.3) is 0 Å². The van der Waals surface area contributed by atoms with Crippen LogP contribution in [-0.4, -0.2) is 7.11 Å². The fourth-order valence-corrected chi connectivity index (χ4v) is 2.56. The number of benzene rings is 2. The van der Waals surface area contributed by atoms with Gasteiger partial charge in [0.1, 0.15) is 5.82 Å². The van der Waals surface area contributed by atoms with Crippen molar-refractivity contribution in [3.8, 4) is 0 Å². The van der Waals surface area contributed by atoms with E-state index in [0.717, 1.165) is 11.1 Å². The van der Waals surface area contributed by atoms with Crippen LogP contribution < -0.4 is 5.32 Å². The van der Waals surface area contributed by atoms with Crippen LogP contribution in [0.2, 0.25) is 5.02 Å². The molecule has 0 heterocycles. The van der Waals surface area contributed by atoms with E-state index in [9.17, 15) is 4.39 Å². The lowest BCUT2D eigenvalue weighted by Crippen LogP contribution is -2.18. The van der Waals surface area contributed by atoms with Gasteiger partial charge in [0.05, 0.1) is 6.61 Å². The quantitative estimate of drug-likeness (QED) is 0.850. The zero-order valence-corrected chi connectivity index (χ0v) is 13.0. The molecule has 2 aromatic carbocycles. The summed E-state index contributed by atoms with van der Waals surface area (Å²) in [6, 6.07) is 12.8. The van der Waals surface area contributed by atoms with Gasteiger partial charge >= 0.3 is 0 Å². The van der Waals surface area contributed by atoms with Crippen molar-refractivity contribution < 1.29 is 9.13 Å². The van der Waals surface area contributed by atoms with Gasteiger partial charge in [-0.3, -0.25) is 0 Å². The van der Waals surface area contributed by atoms with Gasteiger partial charge in [0.15, 0.2) is 0 Å². The topological polar surface area (TPSA) is 21.3 Å². The Labute approximate surface area is 129 Å². The monoisotopic (exact) mass is 307 g/mol. The van der Waals surface area contributed by atoms with Gasteiger partial charge in [-0.05, 0) is 35.7 Å². The molecule has 4 heteroatoms. The van der Waals surface area contributed by atoms with Crippen LogP contribution in [0.3, 0.4) is 0 Å². The molecule has 0 fully saturated rings. The SMILES string of the molecule is COCc1cccc(CNC(C)c2ccc(F)cc2Cl)c1. The summed E-state index contributed by atoms with van der Waals surface area (Å²) in [5, 5.41) is 3.84. The molecule has 0 aliphatic heterocycles. The van der Waals surface area contributed by atoms with Crippen LogP contribution in [0.15, 0.2) is 42.5 Å². The summed E-state index contributed by atoms with van der Waals surface area (Å²) in [5.74, 6) is -0.316. The first-order valence-corrected chi connectivity index (χ1v) is 7.23. The van der Waals surface area contributed by atoms with Crippen LogP contribution in [0.1, 0.15) is 29.7 Å². The number of hydrogen-bond acceptors (Lipinski definition) is 2. The Kier molecular flexibility index (Phi) is 5.74. The molecular weight excluding hydrogens is 289 g/mol. The summed E-state index contributed by atoms with van der Waals surface area (Å²) in [6.07, 6.45) is 0. The van der Waals surface area contributed by atoms with Crippen molar-refractivity contribution in [1.29, 1.82) is 0 Å². The second-order valence-corrected chi connectivity index (χ2v) is 5.43.